The van der Waals surface area contributed by atoms with Gasteiger partial charge in [-0.25, -0.2) is 4.39 Å². The molecule has 0 saturated heterocycles. The molecule has 0 bridgehead atoms. The second-order valence-electron chi connectivity index (χ2n) is 4.69. The summed E-state index contributed by atoms with van der Waals surface area (Å²) >= 11 is 0. The van der Waals surface area contributed by atoms with E-state index in [1.165, 1.54) is 12.1 Å². The van der Waals surface area contributed by atoms with E-state index in [2.05, 4.69) is 10.9 Å². The lowest BCUT2D eigenvalue weighted by molar-refractivity contribution is 0.0846. The number of hydrogen-bond acceptors (Lipinski definition) is 2. The maximum absolute atomic E-state index is 13.4. The molecule has 2 rings (SSSR count). The summed E-state index contributed by atoms with van der Waals surface area (Å²) < 4.78 is 13.4. The summed E-state index contributed by atoms with van der Waals surface area (Å²) in [6.07, 6.45) is 0. The first-order valence-electron chi connectivity index (χ1n) is 6.41. The van der Waals surface area contributed by atoms with Crippen molar-refractivity contribution in [3.63, 3.8) is 0 Å². The van der Waals surface area contributed by atoms with Crippen LogP contribution in [0.15, 0.2) is 42.5 Å². The number of benzene rings is 2. The number of carbonyl (C=O) groups is 2. The van der Waals surface area contributed by atoms with Gasteiger partial charge in [0.15, 0.2) is 0 Å². The number of hydrogen-bond donors (Lipinski definition) is 2. The third kappa shape index (κ3) is 3.45. The molecule has 0 aliphatic carbocycles. The van der Waals surface area contributed by atoms with Crippen molar-refractivity contribution < 1.29 is 14.0 Å². The van der Waals surface area contributed by atoms with E-state index in [0.717, 1.165) is 11.6 Å². The van der Waals surface area contributed by atoms with Crippen LogP contribution in [0.25, 0.3) is 0 Å². The molecule has 21 heavy (non-hydrogen) atoms. The minimum Gasteiger partial charge on any atom is -0.267 e. The number of carbonyl (C=O) groups excluding carboxylic acids is 2. The van der Waals surface area contributed by atoms with Crippen LogP contribution in [-0.2, 0) is 0 Å². The predicted octanol–water partition coefficient (Wildman–Crippen LogP) is 2.52. The summed E-state index contributed by atoms with van der Waals surface area (Å²) in [5, 5.41) is 0. The van der Waals surface area contributed by atoms with Gasteiger partial charge in [0, 0.05) is 11.1 Å². The highest BCUT2D eigenvalue weighted by Crippen LogP contribution is 2.09. The molecular formula is C16H15FN2O2. The first-order chi connectivity index (χ1) is 9.99. The first kappa shape index (κ1) is 14.7. The predicted molar refractivity (Wildman–Crippen MR) is 77.2 cm³/mol. The topological polar surface area (TPSA) is 58.2 Å². The number of nitrogens with one attached hydrogen (secondary N) is 2. The smallest absolute Gasteiger partial charge is 0.267 e. The van der Waals surface area contributed by atoms with Crippen molar-refractivity contribution in [2.24, 2.45) is 0 Å². The zero-order valence-electron chi connectivity index (χ0n) is 11.7. The molecule has 0 aliphatic heterocycles. The Labute approximate surface area is 122 Å². The van der Waals surface area contributed by atoms with Gasteiger partial charge in [-0.15, -0.1) is 0 Å². The number of hydrazine groups is 1. The van der Waals surface area contributed by atoms with E-state index in [1.54, 1.807) is 32.0 Å². The molecule has 0 radical (unpaired) electrons. The molecule has 0 aliphatic rings. The summed E-state index contributed by atoms with van der Waals surface area (Å²) in [6, 6.07) is 11.1. The van der Waals surface area contributed by atoms with Crippen molar-refractivity contribution in [2.45, 2.75) is 13.8 Å². The van der Waals surface area contributed by atoms with E-state index in [9.17, 15) is 14.0 Å². The van der Waals surface area contributed by atoms with Crippen LogP contribution >= 0.6 is 0 Å². The summed E-state index contributed by atoms with van der Waals surface area (Å²) in [5.41, 5.74) is 6.44. The zero-order chi connectivity index (χ0) is 15.4. The second kappa shape index (κ2) is 6.17. The van der Waals surface area contributed by atoms with Crippen molar-refractivity contribution in [1.29, 1.82) is 0 Å². The molecule has 0 saturated carbocycles. The molecule has 108 valence electrons. The fraction of sp³-hybridized carbons (Fsp3) is 0.125. The van der Waals surface area contributed by atoms with E-state index >= 15 is 0 Å². The van der Waals surface area contributed by atoms with Gasteiger partial charge in [0.1, 0.15) is 5.82 Å². The normalized spacial score (nSPS) is 10.0. The lowest BCUT2D eigenvalue weighted by Crippen LogP contribution is -2.41. The first-order valence-corrected chi connectivity index (χ1v) is 6.41. The standard InChI is InChI=1S/C16H15FN2O2/c1-10-5-3-4-6-13(10)16(21)19-18-15(20)12-8-7-11(2)14(17)9-12/h3-9H,1-2H3,(H,18,20)(H,19,21). The maximum atomic E-state index is 13.4. The van der Waals surface area contributed by atoms with Gasteiger partial charge < -0.3 is 0 Å². The van der Waals surface area contributed by atoms with Crippen LogP contribution in [0.3, 0.4) is 0 Å². The van der Waals surface area contributed by atoms with Crippen LogP contribution in [0.2, 0.25) is 0 Å². The molecule has 0 aromatic heterocycles. The Morgan fingerprint density at radius 3 is 2.24 bits per heavy atom. The third-order valence-corrected chi connectivity index (χ3v) is 3.11. The van der Waals surface area contributed by atoms with Gasteiger partial charge in [-0.3, -0.25) is 20.4 Å². The van der Waals surface area contributed by atoms with Crippen LogP contribution in [0.1, 0.15) is 31.8 Å². The van der Waals surface area contributed by atoms with Crippen LogP contribution < -0.4 is 10.9 Å². The SMILES string of the molecule is Cc1ccc(C(=O)NNC(=O)c2ccccc2C)cc1F. The maximum Gasteiger partial charge on any atom is 0.269 e. The second-order valence-corrected chi connectivity index (χ2v) is 4.69. The molecule has 2 amide bonds. The fourth-order valence-electron chi connectivity index (χ4n) is 1.81. The molecule has 2 aromatic carbocycles. The van der Waals surface area contributed by atoms with Crippen LogP contribution in [-0.4, -0.2) is 11.8 Å². The highest BCUT2D eigenvalue weighted by Gasteiger charge is 2.11. The minimum absolute atomic E-state index is 0.142. The Hall–Kier alpha value is -2.69. The quantitative estimate of drug-likeness (QED) is 0.833. The van der Waals surface area contributed by atoms with Crippen molar-refractivity contribution in [2.75, 3.05) is 0 Å². The van der Waals surface area contributed by atoms with Gasteiger partial charge in [0.2, 0.25) is 0 Å². The van der Waals surface area contributed by atoms with Gasteiger partial charge in [0.05, 0.1) is 0 Å². The van der Waals surface area contributed by atoms with E-state index in [-0.39, 0.29) is 5.56 Å². The molecule has 0 atom stereocenters. The molecule has 0 heterocycles. The highest BCUT2D eigenvalue weighted by atomic mass is 19.1. The van der Waals surface area contributed by atoms with Gasteiger partial charge in [-0.1, -0.05) is 24.3 Å². The Morgan fingerprint density at radius 1 is 0.905 bits per heavy atom. The number of aryl methyl sites for hydroxylation is 2. The molecule has 0 unspecified atom stereocenters. The summed E-state index contributed by atoms with van der Waals surface area (Å²) in [7, 11) is 0. The molecule has 2 N–H and O–H groups in total. The van der Waals surface area contributed by atoms with Crippen LogP contribution in [0.4, 0.5) is 4.39 Å². The van der Waals surface area contributed by atoms with Crippen LogP contribution in [0, 0.1) is 19.7 Å². The van der Waals surface area contributed by atoms with Gasteiger partial charge in [-0.2, -0.15) is 0 Å². The minimum atomic E-state index is -0.573. The highest BCUT2D eigenvalue weighted by molar-refractivity contribution is 5.99. The zero-order valence-corrected chi connectivity index (χ0v) is 11.7. The number of halogens is 1. The molecule has 2 aromatic rings. The average molecular weight is 286 g/mol. The average Bonchev–Trinajstić information content (AvgIpc) is 2.47. The van der Waals surface area contributed by atoms with Gasteiger partial charge in [-0.05, 0) is 43.2 Å². The largest absolute Gasteiger partial charge is 0.269 e. The molecular weight excluding hydrogens is 271 g/mol. The Balaban J connectivity index is 2.02. The van der Waals surface area contributed by atoms with E-state index < -0.39 is 17.6 Å². The van der Waals surface area contributed by atoms with E-state index in [0.29, 0.717) is 11.1 Å². The molecule has 4 nitrogen and oxygen atoms in total. The molecule has 0 fully saturated rings. The van der Waals surface area contributed by atoms with Crippen molar-refractivity contribution in [3.05, 3.63) is 70.5 Å². The third-order valence-electron chi connectivity index (χ3n) is 3.11. The lowest BCUT2D eigenvalue weighted by atomic mass is 10.1. The number of rotatable bonds is 2. The monoisotopic (exact) mass is 286 g/mol. The summed E-state index contributed by atoms with van der Waals surface area (Å²) in [4.78, 5) is 23.8. The van der Waals surface area contributed by atoms with Gasteiger partial charge >= 0.3 is 0 Å². The Bertz CT molecular complexity index is 698. The Kier molecular flexibility index (Phi) is 4.33. The molecule has 0 spiro atoms. The van der Waals surface area contributed by atoms with E-state index in [4.69, 9.17) is 0 Å². The van der Waals surface area contributed by atoms with E-state index in [1.807, 2.05) is 6.07 Å². The summed E-state index contributed by atoms with van der Waals surface area (Å²) in [6.45, 7) is 3.41. The van der Waals surface area contributed by atoms with Crippen molar-refractivity contribution in [1.82, 2.24) is 10.9 Å². The number of amides is 2. The summed E-state index contributed by atoms with van der Waals surface area (Å²) in [5.74, 6) is -1.46. The fourth-order valence-corrected chi connectivity index (χ4v) is 1.81. The van der Waals surface area contributed by atoms with Gasteiger partial charge in [0.25, 0.3) is 11.8 Å². The van der Waals surface area contributed by atoms with Crippen molar-refractivity contribution in [3.8, 4) is 0 Å². The lowest BCUT2D eigenvalue weighted by Gasteiger charge is -2.09. The van der Waals surface area contributed by atoms with Crippen LogP contribution in [0.5, 0.6) is 0 Å². The van der Waals surface area contributed by atoms with Crippen molar-refractivity contribution >= 4 is 11.8 Å². The Morgan fingerprint density at radius 2 is 1.57 bits per heavy atom. The molecule has 5 heteroatoms.